The second-order valence-electron chi connectivity index (χ2n) is 8.53. The average molecular weight is 397 g/mol. The van der Waals surface area contributed by atoms with E-state index >= 15 is 0 Å². The topological polar surface area (TPSA) is 68.2 Å². The van der Waals surface area contributed by atoms with Crippen LogP contribution in [0.4, 0.5) is 0 Å². The SMILES string of the molecule is CO[C@@H]1CC[C@H](C(=O)NCc2cnn(C)c2C)C[C@H]1NC1Cc2ccccc2C1. The lowest BCUT2D eigenvalue weighted by atomic mass is 9.82. The monoisotopic (exact) mass is 396 g/mol. The number of hydrogen-bond acceptors (Lipinski definition) is 4. The Morgan fingerprint density at radius 1 is 1.24 bits per heavy atom. The maximum atomic E-state index is 12.8. The van der Waals surface area contributed by atoms with Gasteiger partial charge in [0, 0.05) is 50.0 Å². The van der Waals surface area contributed by atoms with E-state index in [0.29, 0.717) is 12.6 Å². The van der Waals surface area contributed by atoms with Gasteiger partial charge in [0.2, 0.25) is 5.91 Å². The number of aromatic nitrogens is 2. The molecule has 2 N–H and O–H groups in total. The summed E-state index contributed by atoms with van der Waals surface area (Å²) in [5, 5.41) is 11.2. The van der Waals surface area contributed by atoms with Crippen LogP contribution in [0.5, 0.6) is 0 Å². The molecule has 1 amide bonds. The first kappa shape index (κ1) is 20.1. The van der Waals surface area contributed by atoms with Crippen LogP contribution < -0.4 is 10.6 Å². The Hall–Kier alpha value is -2.18. The quantitative estimate of drug-likeness (QED) is 0.786. The van der Waals surface area contributed by atoms with Crippen molar-refractivity contribution in [2.24, 2.45) is 13.0 Å². The molecule has 1 aromatic carbocycles. The van der Waals surface area contributed by atoms with E-state index < -0.39 is 0 Å². The molecule has 2 aromatic rings. The molecule has 0 spiro atoms. The van der Waals surface area contributed by atoms with Crippen LogP contribution in [-0.4, -0.2) is 41.0 Å². The molecule has 3 atom stereocenters. The van der Waals surface area contributed by atoms with Crippen LogP contribution in [-0.2, 0) is 36.0 Å². The molecule has 2 aliphatic carbocycles. The lowest BCUT2D eigenvalue weighted by Crippen LogP contribution is -2.51. The first-order chi connectivity index (χ1) is 14.0. The number of carbonyl (C=O) groups excluding carboxylic acids is 1. The van der Waals surface area contributed by atoms with Crippen LogP contribution in [0.3, 0.4) is 0 Å². The normalized spacial score (nSPS) is 24.4. The first-order valence-corrected chi connectivity index (χ1v) is 10.7. The summed E-state index contributed by atoms with van der Waals surface area (Å²) in [4.78, 5) is 12.8. The molecule has 0 radical (unpaired) electrons. The fourth-order valence-electron chi connectivity index (χ4n) is 4.86. The Kier molecular flexibility index (Phi) is 6.01. The predicted molar refractivity (Wildman–Crippen MR) is 112 cm³/mol. The lowest BCUT2D eigenvalue weighted by Gasteiger charge is -2.37. The zero-order valence-corrected chi connectivity index (χ0v) is 17.6. The van der Waals surface area contributed by atoms with E-state index in [2.05, 4.69) is 40.0 Å². The summed E-state index contributed by atoms with van der Waals surface area (Å²) < 4.78 is 7.60. The van der Waals surface area contributed by atoms with Gasteiger partial charge < -0.3 is 15.4 Å². The number of aryl methyl sites for hydroxylation is 1. The van der Waals surface area contributed by atoms with Gasteiger partial charge in [-0.15, -0.1) is 0 Å². The van der Waals surface area contributed by atoms with Crippen LogP contribution in [0.1, 0.15) is 41.6 Å². The van der Waals surface area contributed by atoms with Gasteiger partial charge >= 0.3 is 0 Å². The average Bonchev–Trinajstić information content (AvgIpc) is 3.28. The molecule has 2 aliphatic rings. The van der Waals surface area contributed by atoms with E-state index in [9.17, 15) is 4.79 Å². The van der Waals surface area contributed by atoms with Gasteiger partial charge in [0.1, 0.15) is 0 Å². The summed E-state index contributed by atoms with van der Waals surface area (Å²) in [6.07, 6.45) is 6.73. The second kappa shape index (κ2) is 8.67. The molecule has 4 rings (SSSR count). The molecular formula is C23H32N4O2. The third-order valence-electron chi connectivity index (χ3n) is 6.75. The molecule has 1 aromatic heterocycles. The molecule has 1 heterocycles. The maximum absolute atomic E-state index is 12.8. The summed E-state index contributed by atoms with van der Waals surface area (Å²) in [5.74, 6) is 0.170. The number of nitrogens with one attached hydrogen (secondary N) is 2. The summed E-state index contributed by atoms with van der Waals surface area (Å²) in [6, 6.07) is 9.32. The third-order valence-corrected chi connectivity index (χ3v) is 6.75. The number of nitrogens with zero attached hydrogens (tertiary/aromatic N) is 2. The number of amides is 1. The van der Waals surface area contributed by atoms with E-state index in [0.717, 1.165) is 43.4 Å². The molecule has 156 valence electrons. The molecule has 0 bridgehead atoms. The number of fused-ring (bicyclic) bond motifs is 1. The van der Waals surface area contributed by atoms with Crippen LogP contribution in [0.15, 0.2) is 30.5 Å². The van der Waals surface area contributed by atoms with Crippen molar-refractivity contribution in [3.8, 4) is 0 Å². The zero-order chi connectivity index (χ0) is 20.4. The van der Waals surface area contributed by atoms with Crippen molar-refractivity contribution in [1.82, 2.24) is 20.4 Å². The van der Waals surface area contributed by atoms with Crippen molar-refractivity contribution < 1.29 is 9.53 Å². The summed E-state index contributed by atoms with van der Waals surface area (Å²) in [5.41, 5.74) is 5.05. The minimum Gasteiger partial charge on any atom is -0.380 e. The fourth-order valence-corrected chi connectivity index (χ4v) is 4.86. The second-order valence-corrected chi connectivity index (χ2v) is 8.53. The van der Waals surface area contributed by atoms with Gasteiger partial charge in [-0.3, -0.25) is 9.48 Å². The molecule has 1 fully saturated rings. The van der Waals surface area contributed by atoms with Crippen molar-refractivity contribution in [3.05, 3.63) is 52.8 Å². The maximum Gasteiger partial charge on any atom is 0.223 e. The van der Waals surface area contributed by atoms with E-state index in [1.165, 1.54) is 11.1 Å². The largest absolute Gasteiger partial charge is 0.380 e. The minimum atomic E-state index is 0.0275. The molecule has 6 nitrogen and oxygen atoms in total. The van der Waals surface area contributed by atoms with Crippen LogP contribution in [0, 0.1) is 12.8 Å². The van der Waals surface area contributed by atoms with Gasteiger partial charge in [-0.2, -0.15) is 5.10 Å². The highest BCUT2D eigenvalue weighted by atomic mass is 16.5. The molecule has 29 heavy (non-hydrogen) atoms. The van der Waals surface area contributed by atoms with Crippen molar-refractivity contribution >= 4 is 5.91 Å². The minimum absolute atomic E-state index is 0.0275. The number of hydrogen-bond donors (Lipinski definition) is 2. The molecule has 1 saturated carbocycles. The Morgan fingerprint density at radius 2 is 1.97 bits per heavy atom. The number of methoxy groups -OCH3 is 1. The van der Waals surface area contributed by atoms with Gasteiger partial charge in [-0.25, -0.2) is 0 Å². The number of benzene rings is 1. The highest BCUT2D eigenvalue weighted by Gasteiger charge is 2.36. The number of ether oxygens (including phenoxy) is 1. The van der Waals surface area contributed by atoms with Gasteiger partial charge in [-0.1, -0.05) is 24.3 Å². The van der Waals surface area contributed by atoms with Gasteiger partial charge in [0.25, 0.3) is 0 Å². The molecular weight excluding hydrogens is 364 g/mol. The summed E-state index contributed by atoms with van der Waals surface area (Å²) >= 11 is 0. The highest BCUT2D eigenvalue weighted by Crippen LogP contribution is 2.29. The smallest absolute Gasteiger partial charge is 0.223 e. The molecule has 6 heteroatoms. The Morgan fingerprint density at radius 3 is 2.59 bits per heavy atom. The molecule has 0 unspecified atom stereocenters. The van der Waals surface area contributed by atoms with E-state index in [-0.39, 0.29) is 24.0 Å². The number of rotatable bonds is 6. The van der Waals surface area contributed by atoms with Crippen LogP contribution >= 0.6 is 0 Å². The predicted octanol–water partition coefficient (Wildman–Crippen LogP) is 2.29. The zero-order valence-electron chi connectivity index (χ0n) is 17.6. The molecule has 0 aliphatic heterocycles. The van der Waals surface area contributed by atoms with Gasteiger partial charge in [0.15, 0.2) is 0 Å². The van der Waals surface area contributed by atoms with Crippen molar-refractivity contribution in [3.63, 3.8) is 0 Å². The summed E-state index contributed by atoms with van der Waals surface area (Å²) in [7, 11) is 3.71. The molecule has 0 saturated heterocycles. The van der Waals surface area contributed by atoms with Crippen molar-refractivity contribution in [2.45, 2.75) is 63.8 Å². The Balaban J connectivity index is 1.34. The van der Waals surface area contributed by atoms with E-state index in [1.54, 1.807) is 7.11 Å². The van der Waals surface area contributed by atoms with Crippen molar-refractivity contribution in [2.75, 3.05) is 7.11 Å². The number of carbonyl (C=O) groups is 1. The lowest BCUT2D eigenvalue weighted by molar-refractivity contribution is -0.127. The highest BCUT2D eigenvalue weighted by molar-refractivity contribution is 5.78. The standard InChI is InChI=1S/C23H32N4O2/c1-15-19(14-25-27(15)2)13-24-23(28)18-8-9-22(29-3)21(12-18)26-20-10-16-6-4-5-7-17(16)11-20/h4-7,14,18,20-22,26H,8-13H2,1-3H3,(H,24,28)/t18-,21+,22+/m0/s1. The van der Waals surface area contributed by atoms with Crippen molar-refractivity contribution in [1.29, 1.82) is 0 Å². The van der Waals surface area contributed by atoms with Crippen LogP contribution in [0.25, 0.3) is 0 Å². The van der Waals surface area contributed by atoms with Gasteiger partial charge in [-0.05, 0) is 50.2 Å². The van der Waals surface area contributed by atoms with E-state index in [4.69, 9.17) is 4.74 Å². The Labute approximate surface area is 173 Å². The first-order valence-electron chi connectivity index (χ1n) is 10.7. The van der Waals surface area contributed by atoms with Gasteiger partial charge in [0.05, 0.1) is 12.3 Å². The fraction of sp³-hybridized carbons (Fsp3) is 0.565. The van der Waals surface area contributed by atoms with Crippen LogP contribution in [0.2, 0.25) is 0 Å². The van der Waals surface area contributed by atoms with E-state index in [1.807, 2.05) is 24.9 Å². The third kappa shape index (κ3) is 4.38. The summed E-state index contributed by atoms with van der Waals surface area (Å²) in [6.45, 7) is 2.57. The Bertz CT molecular complexity index is 837.